The summed E-state index contributed by atoms with van der Waals surface area (Å²) in [6, 6.07) is 0. The van der Waals surface area contributed by atoms with Crippen LogP contribution in [0.5, 0.6) is 0 Å². The summed E-state index contributed by atoms with van der Waals surface area (Å²) in [6.45, 7) is 7.13. The summed E-state index contributed by atoms with van der Waals surface area (Å²) in [7, 11) is 0. The fraction of sp³-hybridized carbons (Fsp3) is 1.00. The smallest absolute Gasteiger partial charge is 0.0681 e. The Bertz CT molecular complexity index is 307. The molecule has 0 aromatic carbocycles. The van der Waals surface area contributed by atoms with Gasteiger partial charge in [-0.15, -0.1) is 0 Å². The van der Waals surface area contributed by atoms with Crippen molar-refractivity contribution in [3.8, 4) is 0 Å². The lowest BCUT2D eigenvalue weighted by molar-refractivity contribution is -0.209. The summed E-state index contributed by atoms with van der Waals surface area (Å²) >= 11 is 0. The van der Waals surface area contributed by atoms with Gasteiger partial charge in [0.1, 0.15) is 0 Å². The van der Waals surface area contributed by atoms with Crippen molar-refractivity contribution >= 4 is 0 Å². The maximum Gasteiger partial charge on any atom is 0.0681 e. The molecule has 0 bridgehead atoms. The van der Waals surface area contributed by atoms with Crippen molar-refractivity contribution in [2.75, 3.05) is 32.8 Å². The predicted octanol–water partition coefficient (Wildman–Crippen LogP) is 1.81. The summed E-state index contributed by atoms with van der Waals surface area (Å²) in [6.07, 6.45) is 7.31. The molecular formula is C16H29NO3. The van der Waals surface area contributed by atoms with Gasteiger partial charge >= 0.3 is 0 Å². The van der Waals surface area contributed by atoms with E-state index in [1.165, 1.54) is 19.3 Å². The van der Waals surface area contributed by atoms with Crippen molar-refractivity contribution in [2.45, 2.75) is 63.8 Å². The number of hydrogen-bond donors (Lipinski definition) is 1. The second-order valence-electron chi connectivity index (χ2n) is 6.69. The number of hydrogen-bond acceptors (Lipinski definition) is 4. The summed E-state index contributed by atoms with van der Waals surface area (Å²) in [5.41, 5.74) is 0.0658. The number of rotatable bonds is 5. The Morgan fingerprint density at radius 2 is 2.15 bits per heavy atom. The Hall–Kier alpha value is -0.160. The van der Waals surface area contributed by atoms with Gasteiger partial charge in [0.2, 0.25) is 0 Å². The Kier molecular flexibility index (Phi) is 4.65. The second kappa shape index (κ2) is 6.30. The molecule has 2 heterocycles. The number of piperidine rings is 1. The van der Waals surface area contributed by atoms with Gasteiger partial charge in [-0.1, -0.05) is 0 Å². The van der Waals surface area contributed by atoms with E-state index in [0.717, 1.165) is 52.1 Å². The second-order valence-corrected chi connectivity index (χ2v) is 6.69. The third kappa shape index (κ3) is 2.76. The highest BCUT2D eigenvalue weighted by molar-refractivity contribution is 5.06. The first kappa shape index (κ1) is 14.8. The van der Waals surface area contributed by atoms with Crippen molar-refractivity contribution < 1.29 is 14.6 Å². The van der Waals surface area contributed by atoms with Crippen LogP contribution >= 0.6 is 0 Å². The van der Waals surface area contributed by atoms with E-state index in [-0.39, 0.29) is 11.5 Å². The molecule has 1 saturated carbocycles. The van der Waals surface area contributed by atoms with Gasteiger partial charge in [0.25, 0.3) is 0 Å². The van der Waals surface area contributed by atoms with Crippen LogP contribution in [0, 0.1) is 5.41 Å². The first-order valence-corrected chi connectivity index (χ1v) is 8.38. The third-order valence-electron chi connectivity index (χ3n) is 5.69. The topological polar surface area (TPSA) is 41.9 Å². The molecule has 2 saturated heterocycles. The van der Waals surface area contributed by atoms with E-state index >= 15 is 0 Å². The maximum atomic E-state index is 10.2. The zero-order valence-corrected chi connectivity index (χ0v) is 12.7. The Balaban J connectivity index is 1.44. The molecule has 3 aliphatic rings. The summed E-state index contributed by atoms with van der Waals surface area (Å²) in [4.78, 5) is 2.54. The van der Waals surface area contributed by atoms with Crippen molar-refractivity contribution in [1.29, 1.82) is 0 Å². The predicted molar refractivity (Wildman–Crippen MR) is 77.7 cm³/mol. The first-order valence-electron chi connectivity index (χ1n) is 8.38. The van der Waals surface area contributed by atoms with Crippen LogP contribution in [0.15, 0.2) is 0 Å². The quantitative estimate of drug-likeness (QED) is 0.835. The summed E-state index contributed by atoms with van der Waals surface area (Å²) < 4.78 is 11.5. The molecule has 116 valence electrons. The molecule has 1 N–H and O–H groups in total. The molecule has 3 fully saturated rings. The highest BCUT2D eigenvalue weighted by Gasteiger charge is 2.55. The molecule has 0 amide bonds. The number of aliphatic hydroxyl groups is 1. The molecular weight excluding hydrogens is 254 g/mol. The number of nitrogens with zero attached hydrogens (tertiary/aromatic N) is 1. The molecule has 3 rings (SSSR count). The molecule has 3 atom stereocenters. The SMILES string of the molecule is CCO[C@@H]1C[C@H](O)C12CCN(CC[C@@H]1CCCO1)CC2. The minimum Gasteiger partial charge on any atom is -0.392 e. The largest absolute Gasteiger partial charge is 0.392 e. The van der Waals surface area contributed by atoms with Crippen LogP contribution in [0.3, 0.4) is 0 Å². The van der Waals surface area contributed by atoms with E-state index in [0.29, 0.717) is 12.2 Å². The van der Waals surface area contributed by atoms with Crippen molar-refractivity contribution in [1.82, 2.24) is 4.90 Å². The van der Waals surface area contributed by atoms with Gasteiger partial charge in [0.15, 0.2) is 0 Å². The van der Waals surface area contributed by atoms with Gasteiger partial charge in [-0.25, -0.2) is 0 Å². The fourth-order valence-electron chi connectivity index (χ4n) is 4.21. The molecule has 20 heavy (non-hydrogen) atoms. The van der Waals surface area contributed by atoms with Crippen LogP contribution < -0.4 is 0 Å². The summed E-state index contributed by atoms with van der Waals surface area (Å²) in [5, 5.41) is 10.2. The van der Waals surface area contributed by atoms with Crippen molar-refractivity contribution in [3.63, 3.8) is 0 Å². The van der Waals surface area contributed by atoms with Crippen molar-refractivity contribution in [3.05, 3.63) is 0 Å². The van der Waals surface area contributed by atoms with E-state index in [1.54, 1.807) is 0 Å². The van der Waals surface area contributed by atoms with Gasteiger partial charge in [0.05, 0.1) is 18.3 Å². The molecule has 0 radical (unpaired) electrons. The van der Waals surface area contributed by atoms with Crippen LogP contribution in [0.4, 0.5) is 0 Å². The van der Waals surface area contributed by atoms with Crippen LogP contribution in [-0.2, 0) is 9.47 Å². The van der Waals surface area contributed by atoms with Crippen LogP contribution in [-0.4, -0.2) is 61.2 Å². The Morgan fingerprint density at radius 3 is 2.75 bits per heavy atom. The molecule has 0 aromatic rings. The molecule has 1 spiro atoms. The molecule has 2 aliphatic heterocycles. The van der Waals surface area contributed by atoms with Gasteiger partial charge in [-0.05, 0) is 52.1 Å². The molecule has 0 aromatic heterocycles. The van der Waals surface area contributed by atoms with Gasteiger partial charge < -0.3 is 19.5 Å². The Morgan fingerprint density at radius 1 is 1.35 bits per heavy atom. The third-order valence-corrected chi connectivity index (χ3v) is 5.69. The zero-order valence-electron chi connectivity index (χ0n) is 12.7. The van der Waals surface area contributed by atoms with Gasteiger partial charge in [-0.3, -0.25) is 0 Å². The number of likely N-dealkylation sites (tertiary alicyclic amines) is 1. The average molecular weight is 283 g/mol. The van der Waals surface area contributed by atoms with Gasteiger partial charge in [0, 0.05) is 31.6 Å². The number of aliphatic hydroxyl groups excluding tert-OH is 1. The minimum atomic E-state index is -0.139. The summed E-state index contributed by atoms with van der Waals surface area (Å²) in [5.74, 6) is 0. The van der Waals surface area contributed by atoms with E-state index in [2.05, 4.69) is 11.8 Å². The van der Waals surface area contributed by atoms with Crippen LogP contribution in [0.25, 0.3) is 0 Å². The fourth-order valence-corrected chi connectivity index (χ4v) is 4.21. The highest BCUT2D eigenvalue weighted by atomic mass is 16.5. The molecule has 4 heteroatoms. The average Bonchev–Trinajstić information content (AvgIpc) is 2.99. The first-order chi connectivity index (χ1) is 9.74. The molecule has 0 unspecified atom stereocenters. The Labute approximate surface area is 122 Å². The lowest BCUT2D eigenvalue weighted by atomic mass is 9.58. The molecule has 1 aliphatic carbocycles. The lowest BCUT2D eigenvalue weighted by Gasteiger charge is -2.56. The molecule has 4 nitrogen and oxygen atoms in total. The van der Waals surface area contributed by atoms with E-state index < -0.39 is 0 Å². The standard InChI is InChI=1S/C16H29NO3/c1-2-19-15-12-14(18)16(15)6-9-17(10-7-16)8-5-13-4-3-11-20-13/h13-15,18H,2-12H2,1H3/t13-,14-,15+/m0/s1. The zero-order chi connectivity index (χ0) is 14.0. The van der Waals surface area contributed by atoms with Crippen molar-refractivity contribution in [2.24, 2.45) is 5.41 Å². The normalized spacial score (nSPS) is 37.2. The maximum absolute atomic E-state index is 10.2. The van der Waals surface area contributed by atoms with Crippen LogP contribution in [0.2, 0.25) is 0 Å². The minimum absolute atomic E-state index is 0.0658. The van der Waals surface area contributed by atoms with E-state index in [1.807, 2.05) is 0 Å². The monoisotopic (exact) mass is 283 g/mol. The van der Waals surface area contributed by atoms with E-state index in [4.69, 9.17) is 9.47 Å². The van der Waals surface area contributed by atoms with E-state index in [9.17, 15) is 5.11 Å². The lowest BCUT2D eigenvalue weighted by Crippen LogP contribution is -2.62. The van der Waals surface area contributed by atoms with Crippen LogP contribution in [0.1, 0.15) is 45.4 Å². The number of ether oxygens (including phenoxy) is 2. The van der Waals surface area contributed by atoms with Gasteiger partial charge in [-0.2, -0.15) is 0 Å². The highest BCUT2D eigenvalue weighted by Crippen LogP contribution is 2.50.